The van der Waals surface area contributed by atoms with Crippen LogP contribution in [0.3, 0.4) is 0 Å². The van der Waals surface area contributed by atoms with Gasteiger partial charge in [-0.1, -0.05) is 35.9 Å². The van der Waals surface area contributed by atoms with E-state index in [2.05, 4.69) is 57.0 Å². The highest BCUT2D eigenvalue weighted by Crippen LogP contribution is 2.07. The van der Waals surface area contributed by atoms with Gasteiger partial charge in [0, 0.05) is 32.0 Å². The molecule has 0 atom stereocenters. The van der Waals surface area contributed by atoms with Crippen molar-refractivity contribution in [1.82, 2.24) is 15.1 Å². The van der Waals surface area contributed by atoms with E-state index in [1.807, 2.05) is 0 Å². The molecule has 1 rings (SSSR count). The number of hydrogen-bond donors (Lipinski definition) is 1. The van der Waals surface area contributed by atoms with Gasteiger partial charge in [-0.25, -0.2) is 0 Å². The highest BCUT2D eigenvalue weighted by Gasteiger charge is 2.10. The Labute approximate surface area is 118 Å². The second-order valence-corrected chi connectivity index (χ2v) is 5.02. The first kappa shape index (κ1) is 14.6. The summed E-state index contributed by atoms with van der Waals surface area (Å²) in [7, 11) is 0. The fourth-order valence-corrected chi connectivity index (χ4v) is 1.99. The number of unbranched alkanes of at least 4 members (excludes halogenated alkanes) is 1. The quantitative estimate of drug-likeness (QED) is 0.411. The van der Waals surface area contributed by atoms with Gasteiger partial charge in [0.1, 0.15) is 0 Å². The zero-order chi connectivity index (χ0) is 12.5. The van der Waals surface area contributed by atoms with Crippen LogP contribution in [0, 0.1) is 0 Å². The molecule has 0 aromatic carbocycles. The van der Waals surface area contributed by atoms with Crippen LogP contribution in [0.15, 0.2) is 12.4 Å². The molecular formula is C12H22IN3O. The van der Waals surface area contributed by atoms with Crippen LogP contribution in [0.5, 0.6) is 0 Å². The van der Waals surface area contributed by atoms with E-state index in [1.165, 1.54) is 12.8 Å². The summed E-state index contributed by atoms with van der Waals surface area (Å²) in [5, 5.41) is 2.89. The van der Waals surface area contributed by atoms with Crippen molar-refractivity contribution in [3.05, 3.63) is 12.4 Å². The number of nitrogens with zero attached hydrogens (tertiary/aromatic N) is 2. The fourth-order valence-electron chi connectivity index (χ4n) is 1.73. The van der Waals surface area contributed by atoms with Crippen molar-refractivity contribution in [2.45, 2.75) is 26.2 Å². The third kappa shape index (κ3) is 6.14. The normalized spacial score (nSPS) is 14.5. The molecule has 0 radical (unpaired) electrons. The number of carbonyl (C=O) groups excluding carboxylic acids is 1. The molecule has 0 aliphatic carbocycles. The SMILES string of the molecule is CCCCN1C=CN(CCCNC(=O)CI)C1. The minimum Gasteiger partial charge on any atom is -0.359 e. The molecule has 1 aliphatic heterocycles. The Morgan fingerprint density at radius 2 is 1.94 bits per heavy atom. The van der Waals surface area contributed by atoms with Crippen molar-refractivity contribution in [3.8, 4) is 0 Å². The monoisotopic (exact) mass is 351 g/mol. The summed E-state index contributed by atoms with van der Waals surface area (Å²) in [6.45, 7) is 6.16. The molecule has 4 nitrogen and oxygen atoms in total. The van der Waals surface area contributed by atoms with Crippen LogP contribution < -0.4 is 5.32 Å². The van der Waals surface area contributed by atoms with Gasteiger partial charge in [0.15, 0.2) is 0 Å². The second-order valence-electron chi connectivity index (χ2n) is 4.25. The van der Waals surface area contributed by atoms with Gasteiger partial charge < -0.3 is 15.1 Å². The van der Waals surface area contributed by atoms with E-state index in [-0.39, 0.29) is 5.91 Å². The van der Waals surface area contributed by atoms with Gasteiger partial charge in [-0.05, 0) is 12.8 Å². The average Bonchev–Trinajstić information content (AvgIpc) is 2.79. The highest BCUT2D eigenvalue weighted by atomic mass is 127. The van der Waals surface area contributed by atoms with E-state index in [9.17, 15) is 4.79 Å². The van der Waals surface area contributed by atoms with Gasteiger partial charge in [-0.2, -0.15) is 0 Å². The number of halogens is 1. The molecule has 0 aromatic rings. The van der Waals surface area contributed by atoms with Crippen LogP contribution in [-0.2, 0) is 4.79 Å². The van der Waals surface area contributed by atoms with Crippen molar-refractivity contribution in [1.29, 1.82) is 0 Å². The smallest absolute Gasteiger partial charge is 0.229 e. The van der Waals surface area contributed by atoms with Crippen molar-refractivity contribution in [3.63, 3.8) is 0 Å². The average molecular weight is 351 g/mol. The van der Waals surface area contributed by atoms with Crippen molar-refractivity contribution in [2.75, 3.05) is 30.7 Å². The molecule has 0 unspecified atom stereocenters. The van der Waals surface area contributed by atoms with Crippen LogP contribution in [0.1, 0.15) is 26.2 Å². The lowest BCUT2D eigenvalue weighted by Gasteiger charge is -2.21. The highest BCUT2D eigenvalue weighted by molar-refractivity contribution is 14.1. The summed E-state index contributed by atoms with van der Waals surface area (Å²) in [6, 6.07) is 0. The van der Waals surface area contributed by atoms with Crippen molar-refractivity contribution < 1.29 is 4.79 Å². The summed E-state index contributed by atoms with van der Waals surface area (Å²) in [5.74, 6) is 0.132. The zero-order valence-corrected chi connectivity index (χ0v) is 12.6. The molecule has 1 heterocycles. The summed E-state index contributed by atoms with van der Waals surface area (Å²) < 4.78 is 0.548. The summed E-state index contributed by atoms with van der Waals surface area (Å²) in [4.78, 5) is 15.7. The van der Waals surface area contributed by atoms with Gasteiger partial charge in [0.2, 0.25) is 5.91 Å². The Hall–Kier alpha value is -0.460. The zero-order valence-electron chi connectivity index (χ0n) is 10.5. The Bertz CT molecular complexity index is 258. The molecule has 0 saturated carbocycles. The predicted molar refractivity (Wildman–Crippen MR) is 78.8 cm³/mol. The molecule has 1 amide bonds. The third-order valence-electron chi connectivity index (χ3n) is 2.72. The lowest BCUT2D eigenvalue weighted by atomic mass is 10.3. The molecule has 1 aliphatic rings. The predicted octanol–water partition coefficient (Wildman–Crippen LogP) is 1.77. The topological polar surface area (TPSA) is 35.6 Å². The van der Waals surface area contributed by atoms with E-state index >= 15 is 0 Å². The minimum atomic E-state index is 0.132. The van der Waals surface area contributed by atoms with E-state index < -0.39 is 0 Å². The van der Waals surface area contributed by atoms with Gasteiger partial charge in [-0.15, -0.1) is 0 Å². The van der Waals surface area contributed by atoms with Gasteiger partial charge in [0.05, 0.1) is 11.1 Å². The fraction of sp³-hybridized carbons (Fsp3) is 0.750. The first-order chi connectivity index (χ1) is 8.26. The van der Waals surface area contributed by atoms with Crippen LogP contribution in [0.4, 0.5) is 0 Å². The van der Waals surface area contributed by atoms with Gasteiger partial charge in [-0.3, -0.25) is 4.79 Å². The maximum absolute atomic E-state index is 11.0. The Balaban J connectivity index is 2.02. The largest absolute Gasteiger partial charge is 0.359 e. The molecule has 0 spiro atoms. The summed E-state index contributed by atoms with van der Waals surface area (Å²) in [6.07, 6.45) is 7.82. The van der Waals surface area contributed by atoms with E-state index in [0.717, 1.165) is 32.7 Å². The lowest BCUT2D eigenvalue weighted by Crippen LogP contribution is -2.30. The minimum absolute atomic E-state index is 0.132. The molecule has 0 bridgehead atoms. The summed E-state index contributed by atoms with van der Waals surface area (Å²) >= 11 is 2.08. The Morgan fingerprint density at radius 1 is 1.29 bits per heavy atom. The molecule has 17 heavy (non-hydrogen) atoms. The Kier molecular flexibility index (Phi) is 7.39. The van der Waals surface area contributed by atoms with E-state index in [1.54, 1.807) is 0 Å². The maximum Gasteiger partial charge on any atom is 0.229 e. The van der Waals surface area contributed by atoms with E-state index in [4.69, 9.17) is 0 Å². The van der Waals surface area contributed by atoms with Crippen LogP contribution in [0.25, 0.3) is 0 Å². The molecule has 1 N–H and O–H groups in total. The van der Waals surface area contributed by atoms with Crippen molar-refractivity contribution >= 4 is 28.5 Å². The number of alkyl halides is 1. The Morgan fingerprint density at radius 3 is 2.53 bits per heavy atom. The second kappa shape index (κ2) is 8.60. The molecule has 0 saturated heterocycles. The van der Waals surface area contributed by atoms with Gasteiger partial charge in [0.25, 0.3) is 0 Å². The third-order valence-corrected chi connectivity index (χ3v) is 3.41. The summed E-state index contributed by atoms with van der Waals surface area (Å²) in [5.41, 5.74) is 0. The van der Waals surface area contributed by atoms with Crippen LogP contribution >= 0.6 is 22.6 Å². The number of nitrogens with one attached hydrogen (secondary N) is 1. The standard InChI is InChI=1S/C12H22IN3O/c1-2-3-6-15-8-9-16(11-15)7-4-5-14-12(17)10-13/h8-9H,2-7,10-11H2,1H3,(H,14,17). The number of hydrogen-bond acceptors (Lipinski definition) is 3. The molecular weight excluding hydrogens is 329 g/mol. The first-order valence-corrected chi connectivity index (χ1v) is 7.78. The lowest BCUT2D eigenvalue weighted by molar-refractivity contribution is -0.118. The number of amides is 1. The van der Waals surface area contributed by atoms with Crippen LogP contribution in [0.2, 0.25) is 0 Å². The van der Waals surface area contributed by atoms with E-state index in [0.29, 0.717) is 4.43 Å². The van der Waals surface area contributed by atoms with Gasteiger partial charge >= 0.3 is 0 Å². The number of rotatable bonds is 8. The molecule has 0 fully saturated rings. The molecule has 0 aromatic heterocycles. The number of carbonyl (C=O) groups is 1. The first-order valence-electron chi connectivity index (χ1n) is 6.25. The molecule has 98 valence electrons. The molecule has 5 heteroatoms. The maximum atomic E-state index is 11.0. The van der Waals surface area contributed by atoms with Crippen LogP contribution in [-0.4, -0.2) is 46.4 Å². The van der Waals surface area contributed by atoms with Crippen molar-refractivity contribution in [2.24, 2.45) is 0 Å².